The SMILES string of the molecule is CC(=O)Oc1cc2cc(C)ccc2s1. The third kappa shape index (κ3) is 1.77. The minimum absolute atomic E-state index is 0.270. The molecule has 72 valence electrons. The number of carbonyl (C=O) groups is 1. The van der Waals surface area contributed by atoms with Gasteiger partial charge in [0.25, 0.3) is 0 Å². The van der Waals surface area contributed by atoms with E-state index in [-0.39, 0.29) is 5.97 Å². The average Bonchev–Trinajstić information content (AvgIpc) is 2.44. The lowest BCUT2D eigenvalue weighted by Gasteiger charge is -1.92. The largest absolute Gasteiger partial charge is 0.416 e. The number of rotatable bonds is 1. The third-order valence-electron chi connectivity index (χ3n) is 1.89. The van der Waals surface area contributed by atoms with Gasteiger partial charge in [0.1, 0.15) is 0 Å². The van der Waals surface area contributed by atoms with Gasteiger partial charge < -0.3 is 4.74 Å². The molecule has 0 aliphatic rings. The highest BCUT2D eigenvalue weighted by Crippen LogP contribution is 2.32. The van der Waals surface area contributed by atoms with Crippen molar-refractivity contribution in [1.29, 1.82) is 0 Å². The van der Waals surface area contributed by atoms with Crippen molar-refractivity contribution in [3.8, 4) is 5.06 Å². The molecule has 14 heavy (non-hydrogen) atoms. The van der Waals surface area contributed by atoms with Crippen molar-refractivity contribution in [2.75, 3.05) is 0 Å². The van der Waals surface area contributed by atoms with Crippen LogP contribution in [-0.4, -0.2) is 5.97 Å². The molecule has 0 aliphatic carbocycles. The van der Waals surface area contributed by atoms with Crippen LogP contribution in [0, 0.1) is 6.92 Å². The van der Waals surface area contributed by atoms with Gasteiger partial charge in [-0.3, -0.25) is 4.79 Å². The third-order valence-corrected chi connectivity index (χ3v) is 2.89. The van der Waals surface area contributed by atoms with Crippen molar-refractivity contribution >= 4 is 27.4 Å². The highest BCUT2D eigenvalue weighted by atomic mass is 32.1. The second kappa shape index (κ2) is 3.42. The minimum Gasteiger partial charge on any atom is -0.416 e. The Morgan fingerprint density at radius 2 is 2.14 bits per heavy atom. The number of fused-ring (bicyclic) bond motifs is 1. The number of thiophene rings is 1. The molecule has 2 aromatic rings. The van der Waals surface area contributed by atoms with Gasteiger partial charge in [0.05, 0.1) is 0 Å². The van der Waals surface area contributed by atoms with E-state index in [0.29, 0.717) is 5.06 Å². The predicted molar refractivity (Wildman–Crippen MR) is 57.9 cm³/mol. The summed E-state index contributed by atoms with van der Waals surface area (Å²) in [6.07, 6.45) is 0. The zero-order chi connectivity index (χ0) is 10.1. The van der Waals surface area contributed by atoms with Crippen LogP contribution < -0.4 is 4.74 Å². The van der Waals surface area contributed by atoms with Gasteiger partial charge in [0.15, 0.2) is 5.06 Å². The highest BCUT2D eigenvalue weighted by molar-refractivity contribution is 7.20. The van der Waals surface area contributed by atoms with Crippen molar-refractivity contribution in [2.24, 2.45) is 0 Å². The Morgan fingerprint density at radius 1 is 1.36 bits per heavy atom. The zero-order valence-corrected chi connectivity index (χ0v) is 8.85. The molecule has 0 saturated heterocycles. The van der Waals surface area contributed by atoms with Crippen molar-refractivity contribution in [1.82, 2.24) is 0 Å². The number of benzene rings is 1. The highest BCUT2D eigenvalue weighted by Gasteiger charge is 2.04. The molecule has 0 bridgehead atoms. The van der Waals surface area contributed by atoms with Crippen molar-refractivity contribution < 1.29 is 9.53 Å². The molecule has 0 amide bonds. The van der Waals surface area contributed by atoms with Gasteiger partial charge in [-0.15, -0.1) is 0 Å². The van der Waals surface area contributed by atoms with Crippen LogP contribution in [0.25, 0.3) is 10.1 Å². The standard InChI is InChI=1S/C11H10O2S/c1-7-3-4-10-9(5-7)6-11(14-10)13-8(2)12/h3-6H,1-2H3. The lowest BCUT2D eigenvalue weighted by Crippen LogP contribution is -1.98. The molecule has 1 heterocycles. The molecule has 0 fully saturated rings. The van der Waals surface area contributed by atoms with E-state index in [0.717, 1.165) is 10.1 Å². The molecule has 0 saturated carbocycles. The summed E-state index contributed by atoms with van der Waals surface area (Å²) in [6.45, 7) is 3.46. The van der Waals surface area contributed by atoms with E-state index in [1.54, 1.807) is 0 Å². The van der Waals surface area contributed by atoms with Crippen molar-refractivity contribution in [3.63, 3.8) is 0 Å². The number of hydrogen-bond acceptors (Lipinski definition) is 3. The van der Waals surface area contributed by atoms with Crippen molar-refractivity contribution in [3.05, 3.63) is 29.8 Å². The van der Waals surface area contributed by atoms with Crippen LogP contribution in [0.3, 0.4) is 0 Å². The molecule has 0 spiro atoms. The van der Waals surface area contributed by atoms with Crippen LogP contribution in [0.2, 0.25) is 0 Å². The fourth-order valence-electron chi connectivity index (χ4n) is 1.33. The van der Waals surface area contributed by atoms with Crippen LogP contribution in [0.1, 0.15) is 12.5 Å². The summed E-state index contributed by atoms with van der Waals surface area (Å²) in [5, 5.41) is 1.80. The average molecular weight is 206 g/mol. The molecule has 0 aliphatic heterocycles. The van der Waals surface area contributed by atoms with Gasteiger partial charge in [-0.05, 0) is 18.4 Å². The van der Waals surface area contributed by atoms with Gasteiger partial charge in [0, 0.05) is 17.7 Å². The van der Waals surface area contributed by atoms with Crippen LogP contribution in [-0.2, 0) is 4.79 Å². The summed E-state index contributed by atoms with van der Waals surface area (Å²) >= 11 is 1.49. The van der Waals surface area contributed by atoms with Crippen LogP contribution in [0.5, 0.6) is 5.06 Å². The van der Waals surface area contributed by atoms with E-state index in [2.05, 4.69) is 12.1 Å². The summed E-state index contributed by atoms with van der Waals surface area (Å²) in [6, 6.07) is 8.08. The van der Waals surface area contributed by atoms with Gasteiger partial charge in [-0.1, -0.05) is 29.0 Å². The van der Waals surface area contributed by atoms with E-state index in [4.69, 9.17) is 4.74 Å². The second-order valence-corrected chi connectivity index (χ2v) is 4.25. The maximum Gasteiger partial charge on any atom is 0.308 e. The number of hydrogen-bond donors (Lipinski definition) is 0. The monoisotopic (exact) mass is 206 g/mol. The van der Waals surface area contributed by atoms with E-state index < -0.39 is 0 Å². The summed E-state index contributed by atoms with van der Waals surface area (Å²) < 4.78 is 6.16. The van der Waals surface area contributed by atoms with E-state index >= 15 is 0 Å². The molecule has 0 atom stereocenters. The van der Waals surface area contributed by atoms with Gasteiger partial charge in [-0.25, -0.2) is 0 Å². The fraction of sp³-hybridized carbons (Fsp3) is 0.182. The Bertz CT molecular complexity index is 485. The number of aryl methyl sites for hydroxylation is 1. The first-order valence-corrected chi connectivity index (χ1v) is 5.15. The van der Waals surface area contributed by atoms with E-state index in [1.807, 2.05) is 19.1 Å². The first-order chi connectivity index (χ1) is 6.65. The first kappa shape index (κ1) is 9.21. The van der Waals surface area contributed by atoms with Gasteiger partial charge >= 0.3 is 5.97 Å². The number of carbonyl (C=O) groups excluding carboxylic acids is 1. The lowest BCUT2D eigenvalue weighted by atomic mass is 10.2. The molecule has 0 unspecified atom stereocenters. The zero-order valence-electron chi connectivity index (χ0n) is 8.03. The summed E-state index contributed by atoms with van der Waals surface area (Å²) in [7, 11) is 0. The Morgan fingerprint density at radius 3 is 2.86 bits per heavy atom. The minimum atomic E-state index is -0.270. The Hall–Kier alpha value is -1.35. The Balaban J connectivity index is 2.46. The molecule has 2 rings (SSSR count). The molecule has 1 aromatic heterocycles. The van der Waals surface area contributed by atoms with E-state index in [1.165, 1.54) is 23.8 Å². The Labute approximate surface area is 86.1 Å². The number of ether oxygens (including phenoxy) is 1. The maximum atomic E-state index is 10.7. The smallest absolute Gasteiger partial charge is 0.308 e. The second-order valence-electron chi connectivity index (χ2n) is 3.20. The molecule has 0 radical (unpaired) electrons. The normalized spacial score (nSPS) is 10.4. The van der Waals surface area contributed by atoms with Gasteiger partial charge in [0.2, 0.25) is 0 Å². The summed E-state index contributed by atoms with van der Waals surface area (Å²) in [5.74, 6) is -0.270. The molecule has 1 aromatic carbocycles. The molecular formula is C11H10O2S. The summed E-state index contributed by atoms with van der Waals surface area (Å²) in [5.41, 5.74) is 1.21. The quantitative estimate of drug-likeness (QED) is 0.670. The molecule has 0 N–H and O–H groups in total. The predicted octanol–water partition coefficient (Wildman–Crippen LogP) is 3.14. The van der Waals surface area contributed by atoms with Crippen LogP contribution in [0.15, 0.2) is 24.3 Å². The topological polar surface area (TPSA) is 26.3 Å². The van der Waals surface area contributed by atoms with Crippen LogP contribution >= 0.6 is 11.3 Å². The maximum absolute atomic E-state index is 10.7. The lowest BCUT2D eigenvalue weighted by molar-refractivity contribution is -0.131. The van der Waals surface area contributed by atoms with E-state index in [9.17, 15) is 4.79 Å². The first-order valence-electron chi connectivity index (χ1n) is 4.34. The fourth-order valence-corrected chi connectivity index (χ4v) is 2.26. The van der Waals surface area contributed by atoms with Crippen molar-refractivity contribution in [2.45, 2.75) is 13.8 Å². The molecular weight excluding hydrogens is 196 g/mol. The summed E-state index contributed by atoms with van der Waals surface area (Å²) in [4.78, 5) is 10.7. The number of esters is 1. The molecule has 2 nitrogen and oxygen atoms in total. The van der Waals surface area contributed by atoms with Gasteiger partial charge in [-0.2, -0.15) is 0 Å². The Kier molecular flexibility index (Phi) is 2.25. The van der Waals surface area contributed by atoms with Crippen LogP contribution in [0.4, 0.5) is 0 Å². The molecule has 3 heteroatoms.